The number of ether oxygens (including phenoxy) is 1. The van der Waals surface area contributed by atoms with Gasteiger partial charge in [-0.25, -0.2) is 4.79 Å². The van der Waals surface area contributed by atoms with Gasteiger partial charge >= 0.3 is 6.09 Å². The zero-order valence-electron chi connectivity index (χ0n) is 12.9. The number of rotatable bonds is 4. The molecule has 0 aliphatic carbocycles. The Morgan fingerprint density at radius 2 is 1.81 bits per heavy atom. The Morgan fingerprint density at radius 3 is 2.29 bits per heavy atom. The van der Waals surface area contributed by atoms with Gasteiger partial charge in [-0.3, -0.25) is 4.79 Å². The van der Waals surface area contributed by atoms with Gasteiger partial charge in [0.25, 0.3) is 0 Å². The fourth-order valence-electron chi connectivity index (χ4n) is 1.57. The number of carbonyl (C=O) groups is 2. The zero-order chi connectivity index (χ0) is 16.0. The van der Waals surface area contributed by atoms with Crippen LogP contribution < -0.4 is 11.1 Å². The average molecular weight is 290 g/mol. The van der Waals surface area contributed by atoms with Crippen molar-refractivity contribution in [3.63, 3.8) is 0 Å². The number of hydrogen-bond acceptors (Lipinski definition) is 4. The van der Waals surface area contributed by atoms with Crippen molar-refractivity contribution in [3.05, 3.63) is 47.2 Å². The van der Waals surface area contributed by atoms with Gasteiger partial charge in [-0.15, -0.1) is 0 Å². The standard InChI is InChI=1S/C16H22N2O3/c1-11(17)9-14(19)13-7-5-12(6-8-13)10-18-15(20)21-16(2,3)4/h5-9H,10,17H2,1-4H3,(H,18,20). The van der Waals surface area contributed by atoms with Crippen LogP contribution >= 0.6 is 0 Å². The molecule has 1 aromatic rings. The molecule has 114 valence electrons. The number of allylic oxidation sites excluding steroid dienone is 2. The van der Waals surface area contributed by atoms with Crippen molar-refractivity contribution < 1.29 is 14.3 Å². The predicted molar refractivity (Wildman–Crippen MR) is 81.8 cm³/mol. The predicted octanol–water partition coefficient (Wildman–Crippen LogP) is 2.76. The second-order valence-electron chi connectivity index (χ2n) is 5.80. The molecule has 0 aliphatic rings. The first-order valence-corrected chi connectivity index (χ1v) is 6.71. The Kier molecular flexibility index (Phi) is 5.52. The lowest BCUT2D eigenvalue weighted by Gasteiger charge is -2.19. The van der Waals surface area contributed by atoms with Gasteiger partial charge in [0.05, 0.1) is 0 Å². The molecule has 0 atom stereocenters. The Balaban J connectivity index is 2.58. The number of carbonyl (C=O) groups excluding carboxylic acids is 2. The topological polar surface area (TPSA) is 81.4 Å². The Labute approximate surface area is 125 Å². The Hall–Kier alpha value is -2.30. The van der Waals surface area contributed by atoms with E-state index in [1.165, 1.54) is 6.08 Å². The van der Waals surface area contributed by atoms with Crippen LogP contribution in [0, 0.1) is 0 Å². The molecule has 0 aliphatic heterocycles. The van der Waals surface area contributed by atoms with Gasteiger partial charge in [-0.1, -0.05) is 24.3 Å². The molecule has 0 spiro atoms. The molecule has 0 saturated carbocycles. The van der Waals surface area contributed by atoms with Gasteiger partial charge in [0.1, 0.15) is 5.60 Å². The largest absolute Gasteiger partial charge is 0.444 e. The number of amides is 1. The lowest BCUT2D eigenvalue weighted by atomic mass is 10.1. The van der Waals surface area contributed by atoms with E-state index >= 15 is 0 Å². The van der Waals surface area contributed by atoms with Crippen molar-refractivity contribution >= 4 is 11.9 Å². The molecule has 5 heteroatoms. The smallest absolute Gasteiger partial charge is 0.407 e. The Morgan fingerprint density at radius 1 is 1.24 bits per heavy atom. The van der Waals surface area contributed by atoms with E-state index in [-0.39, 0.29) is 5.78 Å². The molecule has 21 heavy (non-hydrogen) atoms. The van der Waals surface area contributed by atoms with Crippen LogP contribution in [0.2, 0.25) is 0 Å². The molecule has 0 saturated heterocycles. The second-order valence-corrected chi connectivity index (χ2v) is 5.80. The number of hydrogen-bond donors (Lipinski definition) is 2. The third-order valence-electron chi connectivity index (χ3n) is 2.43. The summed E-state index contributed by atoms with van der Waals surface area (Å²) in [5.74, 6) is -0.137. The van der Waals surface area contributed by atoms with Crippen LogP contribution in [0.5, 0.6) is 0 Å². The van der Waals surface area contributed by atoms with E-state index in [9.17, 15) is 9.59 Å². The summed E-state index contributed by atoms with van der Waals surface area (Å²) in [5, 5.41) is 2.66. The van der Waals surface area contributed by atoms with E-state index in [0.29, 0.717) is 17.8 Å². The maximum Gasteiger partial charge on any atom is 0.407 e. The van der Waals surface area contributed by atoms with E-state index in [1.807, 2.05) is 0 Å². The van der Waals surface area contributed by atoms with Crippen molar-refractivity contribution in [1.29, 1.82) is 0 Å². The van der Waals surface area contributed by atoms with Crippen LogP contribution in [0.1, 0.15) is 43.6 Å². The van der Waals surface area contributed by atoms with Crippen molar-refractivity contribution in [2.75, 3.05) is 0 Å². The van der Waals surface area contributed by atoms with Gasteiger partial charge < -0.3 is 15.8 Å². The summed E-state index contributed by atoms with van der Waals surface area (Å²) in [6.45, 7) is 7.42. The van der Waals surface area contributed by atoms with Crippen LogP contribution in [0.3, 0.4) is 0 Å². The first-order chi connectivity index (χ1) is 9.67. The van der Waals surface area contributed by atoms with Crippen LogP contribution in [-0.2, 0) is 11.3 Å². The summed E-state index contributed by atoms with van der Waals surface area (Å²) < 4.78 is 5.14. The normalized spacial score (nSPS) is 11.9. The van der Waals surface area contributed by atoms with Crippen LogP contribution in [0.25, 0.3) is 0 Å². The first-order valence-electron chi connectivity index (χ1n) is 6.71. The molecule has 1 aromatic carbocycles. The molecule has 3 N–H and O–H groups in total. The summed E-state index contributed by atoms with van der Waals surface area (Å²) >= 11 is 0. The molecule has 1 amide bonds. The quantitative estimate of drug-likeness (QED) is 0.660. The van der Waals surface area contributed by atoms with Crippen LogP contribution in [-0.4, -0.2) is 17.5 Å². The minimum absolute atomic E-state index is 0.137. The van der Waals surface area contributed by atoms with Gasteiger partial charge in [-0.2, -0.15) is 0 Å². The maximum absolute atomic E-state index is 11.7. The number of nitrogens with one attached hydrogen (secondary N) is 1. The average Bonchev–Trinajstić information content (AvgIpc) is 2.34. The van der Waals surface area contributed by atoms with E-state index < -0.39 is 11.7 Å². The highest BCUT2D eigenvalue weighted by molar-refractivity contribution is 6.04. The summed E-state index contributed by atoms with van der Waals surface area (Å²) in [6, 6.07) is 6.97. The molecule has 0 radical (unpaired) electrons. The number of nitrogens with two attached hydrogens (primary N) is 1. The number of ketones is 1. The molecule has 0 fully saturated rings. The fraction of sp³-hybridized carbons (Fsp3) is 0.375. The number of alkyl carbamates (subject to hydrolysis) is 1. The van der Waals surface area contributed by atoms with Gasteiger partial charge in [0.15, 0.2) is 5.78 Å². The maximum atomic E-state index is 11.7. The van der Waals surface area contributed by atoms with Gasteiger partial charge in [-0.05, 0) is 33.3 Å². The monoisotopic (exact) mass is 290 g/mol. The SMILES string of the molecule is CC(N)=CC(=O)c1ccc(CNC(=O)OC(C)(C)C)cc1. The van der Waals surface area contributed by atoms with E-state index in [4.69, 9.17) is 10.5 Å². The fourth-order valence-corrected chi connectivity index (χ4v) is 1.57. The molecule has 5 nitrogen and oxygen atoms in total. The zero-order valence-corrected chi connectivity index (χ0v) is 12.9. The molecule has 0 bridgehead atoms. The van der Waals surface area contributed by atoms with Gasteiger partial charge in [0.2, 0.25) is 0 Å². The molecule has 1 rings (SSSR count). The van der Waals surface area contributed by atoms with Gasteiger partial charge in [0, 0.05) is 23.9 Å². The lowest BCUT2D eigenvalue weighted by Crippen LogP contribution is -2.32. The van der Waals surface area contributed by atoms with Crippen molar-refractivity contribution in [3.8, 4) is 0 Å². The summed E-state index contributed by atoms with van der Waals surface area (Å²) in [5.41, 5.74) is 6.85. The minimum Gasteiger partial charge on any atom is -0.444 e. The minimum atomic E-state index is -0.521. The first kappa shape index (κ1) is 16.8. The highest BCUT2D eigenvalue weighted by atomic mass is 16.6. The lowest BCUT2D eigenvalue weighted by molar-refractivity contribution is 0.0523. The number of benzene rings is 1. The molecule has 0 heterocycles. The second kappa shape index (κ2) is 6.92. The molecular weight excluding hydrogens is 268 g/mol. The third-order valence-corrected chi connectivity index (χ3v) is 2.43. The molecule has 0 unspecified atom stereocenters. The molecule has 0 aromatic heterocycles. The Bertz CT molecular complexity index is 536. The highest BCUT2D eigenvalue weighted by Gasteiger charge is 2.15. The van der Waals surface area contributed by atoms with E-state index in [2.05, 4.69) is 5.32 Å². The van der Waals surface area contributed by atoms with Crippen LogP contribution in [0.15, 0.2) is 36.0 Å². The summed E-state index contributed by atoms with van der Waals surface area (Å²) in [6.07, 6.45) is 0.915. The van der Waals surface area contributed by atoms with Crippen molar-refractivity contribution in [2.45, 2.75) is 39.8 Å². The highest BCUT2D eigenvalue weighted by Crippen LogP contribution is 2.09. The summed E-state index contributed by atoms with van der Waals surface area (Å²) in [7, 11) is 0. The van der Waals surface area contributed by atoms with E-state index in [0.717, 1.165) is 5.56 Å². The van der Waals surface area contributed by atoms with Crippen LogP contribution in [0.4, 0.5) is 4.79 Å². The van der Waals surface area contributed by atoms with Crippen molar-refractivity contribution in [1.82, 2.24) is 5.32 Å². The van der Waals surface area contributed by atoms with E-state index in [1.54, 1.807) is 52.0 Å². The molecular formula is C16H22N2O3. The summed E-state index contributed by atoms with van der Waals surface area (Å²) in [4.78, 5) is 23.3. The van der Waals surface area contributed by atoms with Crippen molar-refractivity contribution in [2.24, 2.45) is 5.73 Å². The third kappa shape index (κ3) is 6.61.